The number of fused-ring (bicyclic) bond motifs is 1. The molecule has 3 aromatic carbocycles. The Hall–Kier alpha value is -0.487. The Bertz CT molecular complexity index is 672. The van der Waals surface area contributed by atoms with E-state index in [0.717, 1.165) is 0 Å². The number of benzene rings is 2. The van der Waals surface area contributed by atoms with Crippen LogP contribution in [0, 0.1) is 0 Å². The van der Waals surface area contributed by atoms with Crippen molar-refractivity contribution in [3.8, 4) is 11.1 Å². The van der Waals surface area contributed by atoms with Crippen molar-refractivity contribution in [1.29, 1.82) is 0 Å². The van der Waals surface area contributed by atoms with Gasteiger partial charge in [-0.2, -0.15) is 6.07 Å². The van der Waals surface area contributed by atoms with Crippen LogP contribution < -0.4 is 24.8 Å². The molecule has 0 aliphatic heterocycles. The quantitative estimate of drug-likeness (QED) is 0.507. The molecule has 107 valence electrons. The van der Waals surface area contributed by atoms with Gasteiger partial charge in [-0.25, -0.2) is 0 Å². The van der Waals surface area contributed by atoms with E-state index in [1.807, 2.05) is 0 Å². The Morgan fingerprint density at radius 2 is 1.52 bits per heavy atom. The summed E-state index contributed by atoms with van der Waals surface area (Å²) in [4.78, 5) is 0. The molecule has 21 heavy (non-hydrogen) atoms. The molecular formula is C18H17Cl2Zr. The molecule has 0 atom stereocenters. The zero-order chi connectivity index (χ0) is 12.5. The monoisotopic (exact) mass is 393 g/mol. The summed E-state index contributed by atoms with van der Waals surface area (Å²) in [6.45, 7) is 4.49. The summed E-state index contributed by atoms with van der Waals surface area (Å²) in [5.41, 5.74) is 4.05. The zero-order valence-electron chi connectivity index (χ0n) is 12.1. The first-order valence-electron chi connectivity index (χ1n) is 6.50. The Morgan fingerprint density at radius 3 is 2.14 bits per heavy atom. The maximum atomic E-state index is 2.34. The second-order valence-corrected chi connectivity index (χ2v) is 5.12. The molecule has 0 aliphatic rings. The standard InChI is InChI=1S/C18H17.2ClH.Zr/c1-13(2)16-11-15-9-6-10-17(18(15)12-16)14-7-4-3-5-8-14;;;/h3-13H,1-2H3;2*1H;/q-1;;;+3/p-2. The minimum absolute atomic E-state index is 0. The van der Waals surface area contributed by atoms with Crippen LogP contribution in [0.15, 0.2) is 60.7 Å². The van der Waals surface area contributed by atoms with Gasteiger partial charge in [0.15, 0.2) is 0 Å². The molecule has 3 aromatic rings. The van der Waals surface area contributed by atoms with Crippen molar-refractivity contribution >= 4 is 10.8 Å². The minimum atomic E-state index is 0. The van der Waals surface area contributed by atoms with E-state index >= 15 is 0 Å². The van der Waals surface area contributed by atoms with Gasteiger partial charge in [0.05, 0.1) is 0 Å². The van der Waals surface area contributed by atoms with Gasteiger partial charge in [0.1, 0.15) is 0 Å². The average Bonchev–Trinajstić information content (AvgIpc) is 2.83. The van der Waals surface area contributed by atoms with Crippen LogP contribution in [0.5, 0.6) is 0 Å². The first-order valence-corrected chi connectivity index (χ1v) is 6.50. The van der Waals surface area contributed by atoms with Crippen LogP contribution in [-0.4, -0.2) is 0 Å². The van der Waals surface area contributed by atoms with Crippen molar-refractivity contribution in [3.63, 3.8) is 0 Å². The summed E-state index contributed by atoms with van der Waals surface area (Å²) in [6.07, 6.45) is 0. The van der Waals surface area contributed by atoms with Gasteiger partial charge in [0, 0.05) is 0 Å². The van der Waals surface area contributed by atoms with E-state index in [0.29, 0.717) is 5.92 Å². The van der Waals surface area contributed by atoms with Gasteiger partial charge in [0.25, 0.3) is 0 Å². The van der Waals surface area contributed by atoms with Crippen LogP contribution >= 0.6 is 0 Å². The van der Waals surface area contributed by atoms with Gasteiger partial charge in [-0.1, -0.05) is 55.8 Å². The van der Waals surface area contributed by atoms with Crippen LogP contribution in [0.2, 0.25) is 0 Å². The molecule has 0 aliphatic carbocycles. The van der Waals surface area contributed by atoms with Gasteiger partial charge < -0.3 is 24.8 Å². The molecule has 0 saturated carbocycles. The topological polar surface area (TPSA) is 0 Å². The molecule has 3 heteroatoms. The van der Waals surface area contributed by atoms with Crippen LogP contribution in [-0.2, 0) is 26.2 Å². The fourth-order valence-corrected chi connectivity index (χ4v) is 2.46. The predicted molar refractivity (Wildman–Crippen MR) is 79.1 cm³/mol. The molecule has 0 N–H and O–H groups in total. The third-order valence-corrected chi connectivity index (χ3v) is 3.52. The maximum Gasteiger partial charge on any atom is 3.00 e. The first kappa shape index (κ1) is 20.5. The molecule has 1 radical (unpaired) electrons. The van der Waals surface area contributed by atoms with Crippen molar-refractivity contribution < 1.29 is 51.0 Å². The smallest absolute Gasteiger partial charge is 1.00 e. The third-order valence-electron chi connectivity index (χ3n) is 3.52. The van der Waals surface area contributed by atoms with Crippen molar-refractivity contribution in [1.82, 2.24) is 0 Å². The Labute approximate surface area is 158 Å². The largest absolute Gasteiger partial charge is 3.00 e. The average molecular weight is 395 g/mol. The van der Waals surface area contributed by atoms with Crippen LogP contribution in [0.25, 0.3) is 21.9 Å². The van der Waals surface area contributed by atoms with Crippen LogP contribution in [0.4, 0.5) is 0 Å². The van der Waals surface area contributed by atoms with E-state index in [1.54, 1.807) is 0 Å². The number of hydrogen-bond donors (Lipinski definition) is 0. The van der Waals surface area contributed by atoms with Gasteiger partial charge in [0.2, 0.25) is 0 Å². The SMILES string of the molecule is CC(C)c1cc2c(-c3ccccc3)cccc2[cH-]1.[Cl-].[Cl-].[Zr+3]. The molecule has 0 amide bonds. The summed E-state index contributed by atoms with van der Waals surface area (Å²) < 4.78 is 0. The second-order valence-electron chi connectivity index (χ2n) is 5.12. The number of hydrogen-bond acceptors (Lipinski definition) is 0. The summed E-state index contributed by atoms with van der Waals surface area (Å²) in [5.74, 6) is 0.584. The predicted octanol–water partition coefficient (Wildman–Crippen LogP) is -0.645. The van der Waals surface area contributed by atoms with E-state index < -0.39 is 0 Å². The van der Waals surface area contributed by atoms with Crippen molar-refractivity contribution in [3.05, 3.63) is 66.2 Å². The summed E-state index contributed by atoms with van der Waals surface area (Å²) >= 11 is 0. The fourth-order valence-electron chi connectivity index (χ4n) is 2.46. The van der Waals surface area contributed by atoms with Gasteiger partial charge in [-0.15, -0.1) is 34.5 Å². The van der Waals surface area contributed by atoms with E-state index in [-0.39, 0.29) is 51.0 Å². The third kappa shape index (κ3) is 4.25. The molecule has 0 aromatic heterocycles. The summed E-state index contributed by atoms with van der Waals surface area (Å²) in [7, 11) is 0. The van der Waals surface area contributed by atoms with Gasteiger partial charge in [-0.05, 0) is 11.5 Å². The molecule has 0 fully saturated rings. The second kappa shape index (κ2) is 8.83. The molecule has 0 unspecified atom stereocenters. The molecular weight excluding hydrogens is 378 g/mol. The molecule has 0 heterocycles. The first-order chi connectivity index (χ1) is 8.75. The molecule has 0 spiro atoms. The molecule has 0 saturated heterocycles. The summed E-state index contributed by atoms with van der Waals surface area (Å²) in [6, 6.07) is 21.8. The normalized spacial score (nSPS) is 9.67. The fraction of sp³-hybridized carbons (Fsp3) is 0.167. The molecule has 0 nitrogen and oxygen atoms in total. The maximum absolute atomic E-state index is 2.34. The molecule has 3 rings (SSSR count). The van der Waals surface area contributed by atoms with Gasteiger partial charge >= 0.3 is 26.2 Å². The van der Waals surface area contributed by atoms with Crippen molar-refractivity contribution in [2.45, 2.75) is 19.8 Å². The number of halogens is 2. The Balaban J connectivity index is 0.00000133. The van der Waals surface area contributed by atoms with E-state index in [1.165, 1.54) is 27.5 Å². The van der Waals surface area contributed by atoms with Crippen molar-refractivity contribution in [2.75, 3.05) is 0 Å². The molecule has 0 bridgehead atoms. The Kier molecular flexibility index (Phi) is 8.63. The van der Waals surface area contributed by atoms with Gasteiger partial charge in [-0.3, -0.25) is 0 Å². The van der Waals surface area contributed by atoms with E-state index in [2.05, 4.69) is 74.5 Å². The van der Waals surface area contributed by atoms with Crippen LogP contribution in [0.1, 0.15) is 25.3 Å². The summed E-state index contributed by atoms with van der Waals surface area (Å²) in [5, 5.41) is 2.72. The number of rotatable bonds is 2. The van der Waals surface area contributed by atoms with E-state index in [9.17, 15) is 0 Å². The van der Waals surface area contributed by atoms with Crippen LogP contribution in [0.3, 0.4) is 0 Å². The van der Waals surface area contributed by atoms with Crippen molar-refractivity contribution in [2.24, 2.45) is 0 Å². The zero-order valence-corrected chi connectivity index (χ0v) is 16.1. The van der Waals surface area contributed by atoms with E-state index in [4.69, 9.17) is 0 Å². The Morgan fingerprint density at radius 1 is 0.857 bits per heavy atom. The minimum Gasteiger partial charge on any atom is -1.00 e.